The summed E-state index contributed by atoms with van der Waals surface area (Å²) in [5.41, 5.74) is 0.708. The van der Waals surface area contributed by atoms with Gasteiger partial charge in [0.2, 0.25) is 0 Å². The Kier molecular flexibility index (Phi) is 4.79. The van der Waals surface area contributed by atoms with E-state index in [0.29, 0.717) is 17.1 Å². The van der Waals surface area contributed by atoms with Crippen LogP contribution in [0.3, 0.4) is 0 Å². The zero-order chi connectivity index (χ0) is 13.5. The van der Waals surface area contributed by atoms with E-state index in [9.17, 15) is 9.59 Å². The van der Waals surface area contributed by atoms with E-state index in [1.807, 2.05) is 0 Å². The molecule has 0 bridgehead atoms. The lowest BCUT2D eigenvalue weighted by molar-refractivity contribution is 0.185. The van der Waals surface area contributed by atoms with Crippen molar-refractivity contribution >= 4 is 23.6 Å². The van der Waals surface area contributed by atoms with Crippen molar-refractivity contribution in [2.75, 3.05) is 32.0 Å². The first-order chi connectivity index (χ1) is 8.60. The number of ether oxygens (including phenoxy) is 3. The molecule has 0 spiro atoms. The van der Waals surface area contributed by atoms with Crippen molar-refractivity contribution in [3.05, 3.63) is 18.2 Å². The first kappa shape index (κ1) is 13.6. The average molecular weight is 254 g/mol. The van der Waals surface area contributed by atoms with Crippen LogP contribution in [-0.4, -0.2) is 33.5 Å². The molecule has 0 saturated heterocycles. The number of hydrogen-bond acceptors (Lipinski definition) is 5. The number of methoxy groups -OCH3 is 3. The molecule has 0 aliphatic carbocycles. The van der Waals surface area contributed by atoms with Crippen molar-refractivity contribution in [3.63, 3.8) is 0 Å². The van der Waals surface area contributed by atoms with Crippen LogP contribution in [0.4, 0.5) is 21.0 Å². The first-order valence-electron chi connectivity index (χ1n) is 4.98. The van der Waals surface area contributed by atoms with Crippen molar-refractivity contribution < 1.29 is 23.8 Å². The number of nitrogens with one attached hydrogen (secondary N) is 2. The number of amides is 2. The van der Waals surface area contributed by atoms with E-state index in [-0.39, 0.29) is 0 Å². The lowest BCUT2D eigenvalue weighted by Gasteiger charge is -2.12. The molecule has 7 nitrogen and oxygen atoms in total. The molecule has 1 aromatic rings. The Morgan fingerprint density at radius 3 is 2.00 bits per heavy atom. The third kappa shape index (κ3) is 3.55. The first-order valence-corrected chi connectivity index (χ1v) is 4.98. The summed E-state index contributed by atoms with van der Waals surface area (Å²) in [4.78, 5) is 22.3. The van der Waals surface area contributed by atoms with Crippen molar-refractivity contribution in [2.45, 2.75) is 0 Å². The van der Waals surface area contributed by atoms with Gasteiger partial charge in [-0.1, -0.05) is 0 Å². The zero-order valence-electron chi connectivity index (χ0n) is 10.3. The maximum absolute atomic E-state index is 11.2. The van der Waals surface area contributed by atoms with Crippen LogP contribution in [0, 0.1) is 0 Å². The molecule has 0 atom stereocenters. The van der Waals surface area contributed by atoms with Gasteiger partial charge in [-0.2, -0.15) is 0 Å². The Bertz CT molecular complexity index is 447. The third-order valence-electron chi connectivity index (χ3n) is 2.07. The van der Waals surface area contributed by atoms with Gasteiger partial charge >= 0.3 is 12.2 Å². The molecule has 0 aromatic heterocycles. The van der Waals surface area contributed by atoms with E-state index in [0.717, 1.165) is 0 Å². The number of anilines is 2. The van der Waals surface area contributed by atoms with Gasteiger partial charge in [0.25, 0.3) is 0 Å². The van der Waals surface area contributed by atoms with Crippen molar-refractivity contribution in [1.82, 2.24) is 0 Å². The van der Waals surface area contributed by atoms with Gasteiger partial charge in [0.1, 0.15) is 5.75 Å². The van der Waals surface area contributed by atoms with E-state index >= 15 is 0 Å². The van der Waals surface area contributed by atoms with Gasteiger partial charge in [-0.15, -0.1) is 0 Å². The number of carbonyl (C=O) groups is 2. The summed E-state index contributed by atoms with van der Waals surface area (Å²) < 4.78 is 14.0. The molecular weight excluding hydrogens is 240 g/mol. The van der Waals surface area contributed by atoms with Crippen molar-refractivity contribution in [2.24, 2.45) is 0 Å². The van der Waals surface area contributed by atoms with Gasteiger partial charge in [-0.3, -0.25) is 10.6 Å². The molecule has 1 rings (SSSR count). The number of carbonyl (C=O) groups excluding carboxylic acids is 2. The second-order valence-corrected chi connectivity index (χ2v) is 3.14. The smallest absolute Gasteiger partial charge is 0.411 e. The van der Waals surface area contributed by atoms with Gasteiger partial charge in [0, 0.05) is 6.07 Å². The summed E-state index contributed by atoms with van der Waals surface area (Å²) >= 11 is 0. The second kappa shape index (κ2) is 6.33. The van der Waals surface area contributed by atoms with Crippen molar-refractivity contribution in [3.8, 4) is 5.75 Å². The summed E-state index contributed by atoms with van der Waals surface area (Å²) in [5, 5.41) is 4.91. The molecule has 0 heterocycles. The van der Waals surface area contributed by atoms with Gasteiger partial charge in [-0.25, -0.2) is 9.59 Å². The molecule has 0 unspecified atom stereocenters. The van der Waals surface area contributed by atoms with E-state index in [4.69, 9.17) is 4.74 Å². The normalized spacial score (nSPS) is 9.28. The lowest BCUT2D eigenvalue weighted by atomic mass is 10.2. The van der Waals surface area contributed by atoms with E-state index in [2.05, 4.69) is 20.1 Å². The monoisotopic (exact) mass is 254 g/mol. The Hall–Kier alpha value is -2.44. The molecule has 98 valence electrons. The molecule has 2 amide bonds. The summed E-state index contributed by atoms with van der Waals surface area (Å²) in [5.74, 6) is 0.525. The average Bonchev–Trinajstić information content (AvgIpc) is 2.40. The summed E-state index contributed by atoms with van der Waals surface area (Å²) in [7, 11) is 3.97. The van der Waals surface area contributed by atoms with Crippen LogP contribution in [0.5, 0.6) is 5.75 Å². The standard InChI is InChI=1S/C11H14N2O5/c1-16-7-4-5-8(12-10(14)17-2)9(6-7)13-11(15)18-3/h4-6H,1-3H3,(H,12,14)(H,13,15). The lowest BCUT2D eigenvalue weighted by Crippen LogP contribution is -2.16. The zero-order valence-corrected chi connectivity index (χ0v) is 10.3. The number of hydrogen-bond donors (Lipinski definition) is 2. The molecule has 0 aliphatic rings. The molecule has 18 heavy (non-hydrogen) atoms. The summed E-state index contributed by atoms with van der Waals surface area (Å²) in [6, 6.07) is 4.75. The molecular formula is C11H14N2O5. The Morgan fingerprint density at radius 1 is 0.944 bits per heavy atom. The third-order valence-corrected chi connectivity index (χ3v) is 2.07. The summed E-state index contributed by atoms with van der Waals surface area (Å²) in [6.07, 6.45) is -1.30. The minimum atomic E-state index is -0.656. The Balaban J connectivity index is 2.99. The second-order valence-electron chi connectivity index (χ2n) is 3.14. The Morgan fingerprint density at radius 2 is 1.50 bits per heavy atom. The van der Waals surface area contributed by atoms with E-state index in [1.54, 1.807) is 18.2 Å². The van der Waals surface area contributed by atoms with Gasteiger partial charge < -0.3 is 14.2 Å². The van der Waals surface area contributed by atoms with Gasteiger partial charge in [0.15, 0.2) is 0 Å². The van der Waals surface area contributed by atoms with Crippen molar-refractivity contribution in [1.29, 1.82) is 0 Å². The Labute approximate surface area is 104 Å². The van der Waals surface area contributed by atoms with Crippen LogP contribution in [-0.2, 0) is 9.47 Å². The van der Waals surface area contributed by atoms with E-state index < -0.39 is 12.2 Å². The van der Waals surface area contributed by atoms with Crippen LogP contribution >= 0.6 is 0 Å². The molecule has 0 radical (unpaired) electrons. The molecule has 0 aliphatic heterocycles. The van der Waals surface area contributed by atoms with Crippen LogP contribution in [0.25, 0.3) is 0 Å². The fourth-order valence-corrected chi connectivity index (χ4v) is 1.18. The highest BCUT2D eigenvalue weighted by Crippen LogP contribution is 2.27. The van der Waals surface area contributed by atoms with Crippen LogP contribution in [0.1, 0.15) is 0 Å². The molecule has 0 fully saturated rings. The fraction of sp³-hybridized carbons (Fsp3) is 0.273. The largest absolute Gasteiger partial charge is 0.497 e. The highest BCUT2D eigenvalue weighted by atomic mass is 16.5. The molecule has 2 N–H and O–H groups in total. The number of rotatable bonds is 3. The quantitative estimate of drug-likeness (QED) is 0.862. The minimum Gasteiger partial charge on any atom is -0.497 e. The van der Waals surface area contributed by atoms with E-state index in [1.165, 1.54) is 21.3 Å². The van der Waals surface area contributed by atoms with Gasteiger partial charge in [0.05, 0.1) is 32.7 Å². The SMILES string of the molecule is COC(=O)Nc1ccc(OC)cc1NC(=O)OC. The fourth-order valence-electron chi connectivity index (χ4n) is 1.18. The molecule has 7 heteroatoms. The van der Waals surface area contributed by atoms with Crippen LogP contribution < -0.4 is 15.4 Å². The molecule has 0 saturated carbocycles. The minimum absolute atomic E-state index is 0.339. The summed E-state index contributed by atoms with van der Waals surface area (Å²) in [6.45, 7) is 0. The van der Waals surface area contributed by atoms with Crippen LogP contribution in [0.15, 0.2) is 18.2 Å². The topological polar surface area (TPSA) is 85.9 Å². The molecule has 1 aromatic carbocycles. The maximum Gasteiger partial charge on any atom is 0.411 e. The predicted molar refractivity (Wildman–Crippen MR) is 65.0 cm³/mol. The number of benzene rings is 1. The maximum atomic E-state index is 11.2. The van der Waals surface area contributed by atoms with Gasteiger partial charge in [-0.05, 0) is 12.1 Å². The predicted octanol–water partition coefficient (Wildman–Crippen LogP) is 2.05. The highest BCUT2D eigenvalue weighted by Gasteiger charge is 2.11. The highest BCUT2D eigenvalue weighted by molar-refractivity contribution is 5.95. The van der Waals surface area contributed by atoms with Crippen LogP contribution in [0.2, 0.25) is 0 Å².